The highest BCUT2D eigenvalue weighted by Gasteiger charge is 2.23. The van der Waals surface area contributed by atoms with E-state index in [4.69, 9.17) is 10.2 Å². The quantitative estimate of drug-likeness (QED) is 0.678. The number of aliphatic hydroxyl groups is 2. The summed E-state index contributed by atoms with van der Waals surface area (Å²) in [4.78, 5) is 11.6. The van der Waals surface area contributed by atoms with Crippen LogP contribution in [0.1, 0.15) is 18.1 Å². The average molecular weight is 249 g/mol. The molecule has 0 radical (unpaired) electrons. The molecule has 0 aromatic heterocycles. The number of amides is 1. The molecule has 1 rings (SSSR count). The van der Waals surface area contributed by atoms with Gasteiger partial charge in [0.25, 0.3) is 0 Å². The Morgan fingerprint density at radius 3 is 2.33 bits per heavy atom. The second kappa shape index (κ2) is 6.33. The number of rotatable bonds is 5. The lowest BCUT2D eigenvalue weighted by Crippen LogP contribution is -2.51. The molecule has 0 saturated carbocycles. The Labute approximate surface area is 107 Å². The minimum atomic E-state index is -0.991. The fraction of sp³-hybridized carbons (Fsp3) is 0.357. The molecule has 98 valence electrons. The van der Waals surface area contributed by atoms with Gasteiger partial charge in [0.15, 0.2) is 0 Å². The van der Waals surface area contributed by atoms with Crippen LogP contribution >= 0.6 is 0 Å². The van der Waals surface area contributed by atoms with E-state index in [1.807, 2.05) is 31.2 Å². The van der Waals surface area contributed by atoms with Crippen molar-refractivity contribution in [3.63, 3.8) is 0 Å². The summed E-state index contributed by atoms with van der Waals surface area (Å²) in [6.45, 7) is 2.94. The van der Waals surface area contributed by atoms with Crippen LogP contribution in [0.2, 0.25) is 0 Å². The highest BCUT2D eigenvalue weighted by atomic mass is 16.3. The zero-order valence-corrected chi connectivity index (χ0v) is 10.7. The molecule has 0 unspecified atom stereocenters. The maximum atomic E-state index is 11.6. The molecule has 18 heavy (non-hydrogen) atoms. The number of hydrogen-bond donors (Lipinski definition) is 3. The third-order valence-electron chi connectivity index (χ3n) is 2.63. The zero-order chi connectivity index (χ0) is 13.6. The molecule has 4 nitrogen and oxygen atoms in total. The van der Waals surface area contributed by atoms with Crippen LogP contribution in [0.3, 0.4) is 0 Å². The number of benzene rings is 1. The first-order chi connectivity index (χ1) is 8.49. The number of aliphatic hydroxyl groups excluding tert-OH is 2. The SMILES string of the molecule is Cc1ccc(/C=C/C(=O)NC(C)(CO)CO)cc1. The van der Waals surface area contributed by atoms with E-state index in [0.29, 0.717) is 0 Å². The summed E-state index contributed by atoms with van der Waals surface area (Å²) in [5.74, 6) is -0.346. The lowest BCUT2D eigenvalue weighted by Gasteiger charge is -2.25. The normalized spacial score (nSPS) is 11.8. The molecule has 0 bridgehead atoms. The van der Waals surface area contributed by atoms with E-state index >= 15 is 0 Å². The monoisotopic (exact) mass is 249 g/mol. The molecule has 1 amide bonds. The summed E-state index contributed by atoms with van der Waals surface area (Å²) in [6.07, 6.45) is 3.07. The first-order valence-corrected chi connectivity index (χ1v) is 5.78. The van der Waals surface area contributed by atoms with Gasteiger partial charge < -0.3 is 15.5 Å². The molecule has 0 aliphatic rings. The second-order valence-electron chi connectivity index (χ2n) is 4.61. The Hall–Kier alpha value is -1.65. The van der Waals surface area contributed by atoms with Crippen molar-refractivity contribution in [2.24, 2.45) is 0 Å². The molecule has 1 aromatic rings. The Bertz CT molecular complexity index is 419. The van der Waals surface area contributed by atoms with Crippen molar-refractivity contribution in [2.45, 2.75) is 19.4 Å². The summed E-state index contributed by atoms with van der Waals surface area (Å²) in [5, 5.41) is 20.7. The minimum Gasteiger partial charge on any atom is -0.394 e. The van der Waals surface area contributed by atoms with Crippen LogP contribution in [-0.2, 0) is 4.79 Å². The molecule has 3 N–H and O–H groups in total. The zero-order valence-electron chi connectivity index (χ0n) is 10.7. The Morgan fingerprint density at radius 1 is 1.28 bits per heavy atom. The lowest BCUT2D eigenvalue weighted by atomic mass is 10.1. The number of carbonyl (C=O) groups is 1. The third kappa shape index (κ3) is 4.31. The van der Waals surface area contributed by atoms with E-state index in [1.54, 1.807) is 13.0 Å². The summed E-state index contributed by atoms with van der Waals surface area (Å²) in [6, 6.07) is 7.75. The average Bonchev–Trinajstić information content (AvgIpc) is 2.38. The van der Waals surface area contributed by atoms with Gasteiger partial charge in [-0.05, 0) is 25.5 Å². The number of carbonyl (C=O) groups excluding carboxylic acids is 1. The van der Waals surface area contributed by atoms with Gasteiger partial charge in [-0.1, -0.05) is 29.8 Å². The van der Waals surface area contributed by atoms with Crippen LogP contribution < -0.4 is 5.32 Å². The van der Waals surface area contributed by atoms with Crippen LogP contribution in [0, 0.1) is 6.92 Å². The number of hydrogen-bond acceptors (Lipinski definition) is 3. The van der Waals surface area contributed by atoms with Crippen molar-refractivity contribution < 1.29 is 15.0 Å². The van der Waals surface area contributed by atoms with E-state index in [-0.39, 0.29) is 19.1 Å². The summed E-state index contributed by atoms with van der Waals surface area (Å²) in [5.41, 5.74) is 1.09. The fourth-order valence-corrected chi connectivity index (χ4v) is 1.32. The third-order valence-corrected chi connectivity index (χ3v) is 2.63. The van der Waals surface area contributed by atoms with E-state index in [1.165, 1.54) is 6.08 Å². The number of nitrogens with one attached hydrogen (secondary N) is 1. The van der Waals surface area contributed by atoms with Crippen molar-refractivity contribution in [1.82, 2.24) is 5.32 Å². The molecule has 0 aliphatic heterocycles. The molecular formula is C14H19NO3. The Morgan fingerprint density at radius 2 is 1.83 bits per heavy atom. The first-order valence-electron chi connectivity index (χ1n) is 5.78. The van der Waals surface area contributed by atoms with E-state index in [0.717, 1.165) is 11.1 Å². The van der Waals surface area contributed by atoms with Gasteiger partial charge >= 0.3 is 0 Å². The highest BCUT2D eigenvalue weighted by Crippen LogP contribution is 2.05. The van der Waals surface area contributed by atoms with Gasteiger partial charge in [0.2, 0.25) is 5.91 Å². The van der Waals surface area contributed by atoms with Crippen LogP contribution in [-0.4, -0.2) is 34.9 Å². The molecule has 4 heteroatoms. The Kier molecular flexibility index (Phi) is 5.07. The summed E-state index contributed by atoms with van der Waals surface area (Å²) < 4.78 is 0. The first kappa shape index (κ1) is 14.4. The Balaban J connectivity index is 2.62. The van der Waals surface area contributed by atoms with Gasteiger partial charge in [0.05, 0.1) is 18.8 Å². The second-order valence-corrected chi connectivity index (χ2v) is 4.61. The maximum Gasteiger partial charge on any atom is 0.244 e. The van der Waals surface area contributed by atoms with Gasteiger partial charge in [-0.15, -0.1) is 0 Å². The van der Waals surface area contributed by atoms with Crippen molar-refractivity contribution in [3.8, 4) is 0 Å². The summed E-state index contributed by atoms with van der Waals surface area (Å²) in [7, 11) is 0. The molecule has 0 heterocycles. The fourth-order valence-electron chi connectivity index (χ4n) is 1.32. The highest BCUT2D eigenvalue weighted by molar-refractivity contribution is 5.92. The summed E-state index contributed by atoms with van der Waals surface area (Å²) >= 11 is 0. The van der Waals surface area contributed by atoms with Gasteiger partial charge in [-0.25, -0.2) is 0 Å². The molecule has 1 aromatic carbocycles. The molecular weight excluding hydrogens is 230 g/mol. The molecule has 0 atom stereocenters. The van der Waals surface area contributed by atoms with Crippen LogP contribution in [0.4, 0.5) is 0 Å². The molecule has 0 fully saturated rings. The molecule has 0 aliphatic carbocycles. The molecule has 0 saturated heterocycles. The van der Waals surface area contributed by atoms with E-state index in [9.17, 15) is 4.79 Å². The van der Waals surface area contributed by atoms with Crippen LogP contribution in [0.15, 0.2) is 30.3 Å². The number of aryl methyl sites for hydroxylation is 1. The van der Waals surface area contributed by atoms with Crippen molar-refractivity contribution in [2.75, 3.05) is 13.2 Å². The standard InChI is InChI=1S/C14H19NO3/c1-11-3-5-12(6-4-11)7-8-13(18)15-14(2,9-16)10-17/h3-8,16-17H,9-10H2,1-2H3,(H,15,18)/b8-7+. The largest absolute Gasteiger partial charge is 0.394 e. The predicted molar refractivity (Wildman–Crippen MR) is 70.9 cm³/mol. The van der Waals surface area contributed by atoms with Crippen molar-refractivity contribution >= 4 is 12.0 Å². The van der Waals surface area contributed by atoms with Gasteiger partial charge in [-0.3, -0.25) is 4.79 Å². The maximum absolute atomic E-state index is 11.6. The van der Waals surface area contributed by atoms with Gasteiger partial charge in [-0.2, -0.15) is 0 Å². The van der Waals surface area contributed by atoms with E-state index < -0.39 is 5.54 Å². The van der Waals surface area contributed by atoms with Crippen LogP contribution in [0.5, 0.6) is 0 Å². The molecule has 0 spiro atoms. The van der Waals surface area contributed by atoms with Crippen molar-refractivity contribution in [3.05, 3.63) is 41.5 Å². The van der Waals surface area contributed by atoms with Gasteiger partial charge in [0.1, 0.15) is 0 Å². The van der Waals surface area contributed by atoms with Crippen molar-refractivity contribution in [1.29, 1.82) is 0 Å². The van der Waals surface area contributed by atoms with E-state index in [2.05, 4.69) is 5.32 Å². The topological polar surface area (TPSA) is 69.6 Å². The minimum absolute atomic E-state index is 0.312. The van der Waals surface area contributed by atoms with Gasteiger partial charge in [0, 0.05) is 6.08 Å². The predicted octanol–water partition coefficient (Wildman–Crippen LogP) is 0.868. The lowest BCUT2D eigenvalue weighted by molar-refractivity contribution is -0.119. The van der Waals surface area contributed by atoms with Crippen LogP contribution in [0.25, 0.3) is 6.08 Å². The smallest absolute Gasteiger partial charge is 0.244 e.